The van der Waals surface area contributed by atoms with Crippen molar-refractivity contribution in [3.05, 3.63) is 46.6 Å². The van der Waals surface area contributed by atoms with E-state index in [1.165, 1.54) is 39.6 Å². The zero-order valence-corrected chi connectivity index (χ0v) is 15.8. The average Bonchev–Trinajstić information content (AvgIpc) is 3.18. The summed E-state index contributed by atoms with van der Waals surface area (Å²) in [6.07, 6.45) is 5.06. The lowest BCUT2D eigenvalue weighted by atomic mass is 10.2. The van der Waals surface area contributed by atoms with Gasteiger partial charge in [0, 0.05) is 16.0 Å². The van der Waals surface area contributed by atoms with Crippen molar-refractivity contribution in [3.63, 3.8) is 0 Å². The Balaban J connectivity index is 1.54. The van der Waals surface area contributed by atoms with E-state index in [-0.39, 0.29) is 11.2 Å². The predicted octanol–water partition coefficient (Wildman–Crippen LogP) is 4.61. The Labute approximate surface area is 155 Å². The maximum absolute atomic E-state index is 12.5. The molecule has 1 aromatic carbocycles. The van der Waals surface area contributed by atoms with Gasteiger partial charge in [-0.05, 0) is 50.8 Å². The number of anilines is 1. The lowest BCUT2D eigenvalue weighted by Gasteiger charge is -2.12. The number of carbonyl (C=O) groups is 1. The van der Waals surface area contributed by atoms with Gasteiger partial charge in [0.05, 0.1) is 5.25 Å². The number of aryl methyl sites for hydroxylation is 3. The number of thioether (sulfide) groups is 1. The second-order valence-electron chi connectivity index (χ2n) is 6.33. The number of fused-ring (bicyclic) bond motifs is 3. The molecule has 0 unspecified atom stereocenters. The van der Waals surface area contributed by atoms with Gasteiger partial charge in [-0.1, -0.05) is 29.5 Å². The molecule has 0 spiro atoms. The Morgan fingerprint density at radius 2 is 2.04 bits per heavy atom. The number of carbonyl (C=O) groups excluding carboxylic acids is 1. The Morgan fingerprint density at radius 1 is 1.24 bits per heavy atom. The first-order valence-electron chi connectivity index (χ1n) is 8.41. The van der Waals surface area contributed by atoms with Gasteiger partial charge in [-0.15, -0.1) is 11.3 Å². The highest BCUT2D eigenvalue weighted by molar-refractivity contribution is 8.00. The van der Waals surface area contributed by atoms with E-state index in [0.717, 1.165) is 28.4 Å². The van der Waals surface area contributed by atoms with Gasteiger partial charge in [-0.2, -0.15) is 0 Å². The molecule has 0 bridgehead atoms. The van der Waals surface area contributed by atoms with E-state index in [1.54, 1.807) is 17.7 Å². The van der Waals surface area contributed by atoms with Crippen LogP contribution in [0.5, 0.6) is 0 Å². The topological polar surface area (TPSA) is 54.9 Å². The molecule has 0 radical (unpaired) electrons. The fraction of sp³-hybridized carbons (Fsp3) is 0.316. The minimum absolute atomic E-state index is 0.00695. The van der Waals surface area contributed by atoms with Crippen LogP contribution in [0.2, 0.25) is 0 Å². The highest BCUT2D eigenvalue weighted by Gasteiger charge is 2.23. The van der Waals surface area contributed by atoms with Gasteiger partial charge < -0.3 is 5.32 Å². The molecule has 6 heteroatoms. The third-order valence-electron chi connectivity index (χ3n) is 4.44. The Bertz CT molecular complexity index is 934. The van der Waals surface area contributed by atoms with Crippen molar-refractivity contribution in [1.82, 2.24) is 9.97 Å². The fourth-order valence-corrected chi connectivity index (χ4v) is 5.33. The summed E-state index contributed by atoms with van der Waals surface area (Å²) in [4.78, 5) is 23.9. The maximum Gasteiger partial charge on any atom is 0.237 e. The summed E-state index contributed by atoms with van der Waals surface area (Å²) in [6.45, 7) is 3.96. The summed E-state index contributed by atoms with van der Waals surface area (Å²) in [7, 11) is 0. The van der Waals surface area contributed by atoms with E-state index in [9.17, 15) is 4.79 Å². The second kappa shape index (κ2) is 6.77. The molecule has 25 heavy (non-hydrogen) atoms. The number of aromatic nitrogens is 2. The molecule has 1 amide bonds. The van der Waals surface area contributed by atoms with Gasteiger partial charge in [0.25, 0.3) is 0 Å². The summed E-state index contributed by atoms with van der Waals surface area (Å²) in [6, 6.07) is 7.85. The van der Waals surface area contributed by atoms with E-state index < -0.39 is 0 Å². The van der Waals surface area contributed by atoms with Crippen LogP contribution < -0.4 is 5.32 Å². The summed E-state index contributed by atoms with van der Waals surface area (Å²) in [5, 5.41) is 4.85. The smallest absolute Gasteiger partial charge is 0.237 e. The van der Waals surface area contributed by atoms with Gasteiger partial charge in [-0.3, -0.25) is 4.79 Å². The van der Waals surface area contributed by atoms with Gasteiger partial charge in [0.15, 0.2) is 0 Å². The molecule has 4 rings (SSSR count). The lowest BCUT2D eigenvalue weighted by Crippen LogP contribution is -2.22. The van der Waals surface area contributed by atoms with E-state index >= 15 is 0 Å². The predicted molar refractivity (Wildman–Crippen MR) is 105 cm³/mol. The number of nitrogens with one attached hydrogen (secondary N) is 1. The Morgan fingerprint density at radius 3 is 2.84 bits per heavy atom. The second-order valence-corrected chi connectivity index (χ2v) is 8.74. The molecule has 0 fully saturated rings. The molecule has 2 heterocycles. The average molecular weight is 370 g/mol. The monoisotopic (exact) mass is 369 g/mol. The van der Waals surface area contributed by atoms with Crippen LogP contribution in [-0.2, 0) is 17.6 Å². The summed E-state index contributed by atoms with van der Waals surface area (Å²) >= 11 is 3.29. The number of rotatable bonds is 4. The van der Waals surface area contributed by atoms with Crippen LogP contribution in [0.3, 0.4) is 0 Å². The van der Waals surface area contributed by atoms with Crippen molar-refractivity contribution in [2.24, 2.45) is 0 Å². The number of hydrogen-bond acceptors (Lipinski definition) is 5. The molecular weight excluding hydrogens is 350 g/mol. The highest BCUT2D eigenvalue weighted by atomic mass is 32.2. The van der Waals surface area contributed by atoms with Gasteiger partial charge in [0.1, 0.15) is 16.2 Å². The Hall–Kier alpha value is -1.92. The number of benzene rings is 1. The van der Waals surface area contributed by atoms with Crippen LogP contribution >= 0.6 is 23.1 Å². The molecule has 1 aliphatic rings. The van der Waals surface area contributed by atoms with E-state index in [2.05, 4.69) is 15.3 Å². The van der Waals surface area contributed by atoms with E-state index in [1.807, 2.05) is 38.1 Å². The normalized spacial score (nSPS) is 14.5. The third kappa shape index (κ3) is 3.28. The minimum atomic E-state index is -0.226. The largest absolute Gasteiger partial charge is 0.325 e. The maximum atomic E-state index is 12.5. The first kappa shape index (κ1) is 16.5. The van der Waals surface area contributed by atoms with E-state index in [0.29, 0.717) is 0 Å². The molecule has 3 aromatic rings. The molecule has 0 saturated carbocycles. The van der Waals surface area contributed by atoms with Crippen LogP contribution in [-0.4, -0.2) is 21.1 Å². The quantitative estimate of drug-likeness (QED) is 0.539. The Kier molecular flexibility index (Phi) is 4.48. The molecule has 4 nitrogen and oxygen atoms in total. The zero-order chi connectivity index (χ0) is 17.4. The summed E-state index contributed by atoms with van der Waals surface area (Å²) < 4.78 is 0. The zero-order valence-electron chi connectivity index (χ0n) is 14.2. The first-order valence-corrected chi connectivity index (χ1v) is 10.1. The molecule has 0 saturated heterocycles. The first-order chi connectivity index (χ1) is 12.1. The van der Waals surface area contributed by atoms with Gasteiger partial charge in [0.2, 0.25) is 5.91 Å². The summed E-state index contributed by atoms with van der Waals surface area (Å²) in [5.41, 5.74) is 3.40. The van der Waals surface area contributed by atoms with E-state index in [4.69, 9.17) is 0 Å². The number of nitrogens with zero attached hydrogens (tertiary/aromatic N) is 2. The third-order valence-corrected chi connectivity index (χ3v) is 6.74. The van der Waals surface area contributed by atoms with Crippen LogP contribution in [0, 0.1) is 6.92 Å². The molecular formula is C19H19N3OS2. The van der Waals surface area contributed by atoms with Crippen LogP contribution in [0.1, 0.15) is 29.3 Å². The molecule has 2 aromatic heterocycles. The number of thiophene rings is 1. The molecule has 1 atom stereocenters. The molecule has 1 N–H and O–H groups in total. The minimum Gasteiger partial charge on any atom is -0.325 e. The number of amides is 1. The SMILES string of the molecule is Cc1ccc(NC(=O)[C@H](C)Sc2ncnc3sc4c(c23)CCC4)cc1. The van der Waals surface area contributed by atoms with Crippen molar-refractivity contribution in [2.45, 2.75) is 43.4 Å². The summed E-state index contributed by atoms with van der Waals surface area (Å²) in [5.74, 6) is -0.00695. The lowest BCUT2D eigenvalue weighted by molar-refractivity contribution is -0.115. The van der Waals surface area contributed by atoms with Crippen molar-refractivity contribution in [1.29, 1.82) is 0 Å². The number of hydrogen-bond donors (Lipinski definition) is 1. The van der Waals surface area contributed by atoms with Crippen molar-refractivity contribution >= 4 is 44.9 Å². The molecule has 1 aliphatic carbocycles. The van der Waals surface area contributed by atoms with Crippen LogP contribution in [0.4, 0.5) is 5.69 Å². The molecule has 128 valence electrons. The van der Waals surface area contributed by atoms with Gasteiger partial charge in [-0.25, -0.2) is 9.97 Å². The fourth-order valence-electron chi connectivity index (χ4n) is 3.09. The van der Waals surface area contributed by atoms with Crippen LogP contribution in [0.15, 0.2) is 35.6 Å². The van der Waals surface area contributed by atoms with Crippen molar-refractivity contribution < 1.29 is 4.79 Å². The van der Waals surface area contributed by atoms with Crippen LogP contribution in [0.25, 0.3) is 10.2 Å². The van der Waals surface area contributed by atoms with Crippen molar-refractivity contribution in [3.8, 4) is 0 Å². The standard InChI is InChI=1S/C19H19N3OS2/c1-11-6-8-13(9-7-11)22-17(23)12(2)24-18-16-14-4-3-5-15(14)25-19(16)21-10-20-18/h6-10,12H,3-5H2,1-2H3,(H,22,23)/t12-/m0/s1. The highest BCUT2D eigenvalue weighted by Crippen LogP contribution is 2.40. The van der Waals surface area contributed by atoms with Crippen molar-refractivity contribution in [2.75, 3.05) is 5.32 Å². The van der Waals surface area contributed by atoms with Gasteiger partial charge >= 0.3 is 0 Å². The molecule has 0 aliphatic heterocycles.